The number of allylic oxidation sites excluding steroid dienone is 1. The largest absolute Gasteiger partial charge is 0.294 e. The van der Waals surface area contributed by atoms with Gasteiger partial charge in [0, 0.05) is 5.41 Å². The molecule has 0 N–H and O–H groups in total. The molecule has 4 saturated carbocycles. The van der Waals surface area contributed by atoms with Gasteiger partial charge in [-0.25, -0.2) is 0 Å². The lowest BCUT2D eigenvalue weighted by molar-refractivity contribution is -0.138. The van der Waals surface area contributed by atoms with Gasteiger partial charge in [0.15, 0.2) is 5.78 Å². The number of ketones is 1. The van der Waals surface area contributed by atoms with Crippen LogP contribution in [0.25, 0.3) is 6.08 Å². The maximum absolute atomic E-state index is 13.0. The topological polar surface area (TPSA) is 17.1 Å². The molecule has 1 nitrogen and oxygen atoms in total. The van der Waals surface area contributed by atoms with E-state index in [1.807, 2.05) is 12.2 Å². The highest BCUT2D eigenvalue weighted by Gasteiger charge is 2.53. The number of rotatable bonds is 4. The Morgan fingerprint density at radius 1 is 1.00 bits per heavy atom. The number of carbonyl (C=O) groups excluding carboxylic acids is 1. The first-order valence-electron chi connectivity index (χ1n) is 9.36. The lowest BCUT2D eigenvalue weighted by atomic mass is 9.48. The van der Waals surface area contributed by atoms with Crippen LogP contribution < -0.4 is 0 Å². The Kier molecular flexibility index (Phi) is 3.70. The van der Waals surface area contributed by atoms with E-state index in [1.165, 1.54) is 24.8 Å². The predicted molar refractivity (Wildman–Crippen MR) is 95.2 cm³/mol. The molecule has 4 aliphatic rings. The zero-order valence-corrected chi connectivity index (χ0v) is 14.4. The van der Waals surface area contributed by atoms with Gasteiger partial charge < -0.3 is 0 Å². The van der Waals surface area contributed by atoms with Gasteiger partial charge in [-0.3, -0.25) is 4.79 Å². The van der Waals surface area contributed by atoms with Gasteiger partial charge in [0.1, 0.15) is 0 Å². The fourth-order valence-electron chi connectivity index (χ4n) is 5.75. The molecule has 122 valence electrons. The third-order valence-corrected chi connectivity index (χ3v) is 6.59. The lowest BCUT2D eigenvalue weighted by Crippen LogP contribution is -2.49. The van der Waals surface area contributed by atoms with Gasteiger partial charge >= 0.3 is 0 Å². The van der Waals surface area contributed by atoms with Crippen molar-refractivity contribution >= 4 is 11.9 Å². The summed E-state index contributed by atoms with van der Waals surface area (Å²) in [4.78, 5) is 13.0. The quantitative estimate of drug-likeness (QED) is 0.661. The van der Waals surface area contributed by atoms with E-state index in [-0.39, 0.29) is 5.41 Å². The van der Waals surface area contributed by atoms with Crippen molar-refractivity contribution < 1.29 is 4.79 Å². The summed E-state index contributed by atoms with van der Waals surface area (Å²) in [5.41, 5.74) is 2.50. The number of hydrogen-bond donors (Lipinski definition) is 0. The summed E-state index contributed by atoms with van der Waals surface area (Å²) in [5, 5.41) is 0. The Morgan fingerprint density at radius 2 is 1.52 bits per heavy atom. The van der Waals surface area contributed by atoms with Crippen molar-refractivity contribution in [2.75, 3.05) is 0 Å². The molecule has 0 unspecified atom stereocenters. The number of benzene rings is 1. The van der Waals surface area contributed by atoms with Crippen molar-refractivity contribution in [3.63, 3.8) is 0 Å². The van der Waals surface area contributed by atoms with Crippen molar-refractivity contribution in [1.29, 1.82) is 0 Å². The van der Waals surface area contributed by atoms with E-state index in [1.54, 1.807) is 0 Å². The molecule has 0 atom stereocenters. The zero-order chi connectivity index (χ0) is 16.0. The van der Waals surface area contributed by atoms with Crippen LogP contribution in [0.1, 0.15) is 69.4 Å². The Balaban J connectivity index is 1.49. The molecule has 0 aromatic heterocycles. The molecular weight excluding hydrogens is 280 g/mol. The van der Waals surface area contributed by atoms with Gasteiger partial charge in [-0.1, -0.05) is 44.2 Å². The van der Waals surface area contributed by atoms with Gasteiger partial charge in [-0.2, -0.15) is 0 Å². The van der Waals surface area contributed by atoms with Crippen molar-refractivity contribution in [2.45, 2.75) is 58.3 Å². The summed E-state index contributed by atoms with van der Waals surface area (Å²) in [6.07, 6.45) is 11.6. The first-order valence-corrected chi connectivity index (χ1v) is 9.36. The van der Waals surface area contributed by atoms with Crippen LogP contribution >= 0.6 is 0 Å². The molecule has 0 saturated heterocycles. The van der Waals surface area contributed by atoms with Crippen molar-refractivity contribution in [3.8, 4) is 0 Å². The molecule has 0 aliphatic heterocycles. The van der Waals surface area contributed by atoms with Crippen LogP contribution in [-0.2, 0) is 4.79 Å². The number of carbonyl (C=O) groups is 1. The fourth-order valence-corrected chi connectivity index (χ4v) is 5.75. The molecule has 0 radical (unpaired) electrons. The van der Waals surface area contributed by atoms with Gasteiger partial charge in [0.25, 0.3) is 0 Å². The predicted octanol–water partition coefficient (Wildman–Crippen LogP) is 5.61. The minimum atomic E-state index is 0.00310. The molecule has 0 amide bonds. The Bertz CT molecular complexity index is 585. The summed E-state index contributed by atoms with van der Waals surface area (Å²) in [6.45, 7) is 4.42. The summed E-state index contributed by atoms with van der Waals surface area (Å²) < 4.78 is 0. The van der Waals surface area contributed by atoms with Crippen LogP contribution in [0.5, 0.6) is 0 Å². The van der Waals surface area contributed by atoms with Crippen molar-refractivity contribution in [3.05, 3.63) is 41.5 Å². The summed E-state index contributed by atoms with van der Waals surface area (Å²) in [7, 11) is 0. The van der Waals surface area contributed by atoms with Crippen LogP contribution in [0.2, 0.25) is 0 Å². The highest BCUT2D eigenvalue weighted by Crippen LogP contribution is 2.60. The van der Waals surface area contributed by atoms with E-state index < -0.39 is 0 Å². The van der Waals surface area contributed by atoms with E-state index in [0.717, 1.165) is 42.6 Å². The first kappa shape index (κ1) is 15.2. The molecule has 1 heteroatoms. The van der Waals surface area contributed by atoms with E-state index in [2.05, 4.69) is 38.1 Å². The third-order valence-electron chi connectivity index (χ3n) is 6.59. The van der Waals surface area contributed by atoms with E-state index in [4.69, 9.17) is 0 Å². The van der Waals surface area contributed by atoms with Crippen molar-refractivity contribution in [1.82, 2.24) is 0 Å². The maximum atomic E-state index is 13.0. The minimum absolute atomic E-state index is 0.00310. The zero-order valence-electron chi connectivity index (χ0n) is 14.4. The van der Waals surface area contributed by atoms with E-state index in [0.29, 0.717) is 11.7 Å². The normalized spacial score (nSPS) is 35.3. The minimum Gasteiger partial charge on any atom is -0.294 e. The van der Waals surface area contributed by atoms with Crippen LogP contribution in [-0.4, -0.2) is 5.78 Å². The van der Waals surface area contributed by atoms with Gasteiger partial charge in [-0.05, 0) is 79.4 Å². The highest BCUT2D eigenvalue weighted by atomic mass is 16.1. The molecule has 23 heavy (non-hydrogen) atoms. The molecule has 1 aromatic carbocycles. The molecule has 1 aromatic rings. The maximum Gasteiger partial charge on any atom is 0.161 e. The standard InChI is InChI=1S/C22H28O/c1-15(2)20-6-3-16(4-7-20)5-8-21(23)22-12-17-9-18(13-22)11-19(10-17)14-22/h3-8,15,17-19H,9-14H2,1-2H3/b8-5+. The second-order valence-corrected chi connectivity index (χ2v) is 8.72. The SMILES string of the molecule is CC(C)c1ccc(/C=C/C(=O)C23CC4CC(CC(C4)C2)C3)cc1. The van der Waals surface area contributed by atoms with E-state index in [9.17, 15) is 4.79 Å². The van der Waals surface area contributed by atoms with Crippen LogP contribution in [0.4, 0.5) is 0 Å². The average molecular weight is 308 g/mol. The van der Waals surface area contributed by atoms with Crippen LogP contribution in [0.15, 0.2) is 30.3 Å². The van der Waals surface area contributed by atoms with E-state index >= 15 is 0 Å². The lowest BCUT2D eigenvalue weighted by Gasteiger charge is -2.55. The third kappa shape index (κ3) is 2.79. The molecule has 0 spiro atoms. The first-order chi connectivity index (χ1) is 11.0. The highest BCUT2D eigenvalue weighted by molar-refractivity contribution is 5.98. The van der Waals surface area contributed by atoms with Gasteiger partial charge in [0.05, 0.1) is 0 Å². The molecule has 5 rings (SSSR count). The summed E-state index contributed by atoms with van der Waals surface area (Å²) in [5.74, 6) is 3.47. The Hall–Kier alpha value is -1.37. The fraction of sp³-hybridized carbons (Fsp3) is 0.591. The smallest absolute Gasteiger partial charge is 0.161 e. The monoisotopic (exact) mass is 308 g/mol. The molecule has 4 bridgehead atoms. The molecular formula is C22H28O. The molecule has 4 fully saturated rings. The van der Waals surface area contributed by atoms with Crippen molar-refractivity contribution in [2.24, 2.45) is 23.2 Å². The summed E-state index contributed by atoms with van der Waals surface area (Å²) in [6, 6.07) is 8.64. The second kappa shape index (κ2) is 5.61. The summed E-state index contributed by atoms with van der Waals surface area (Å²) >= 11 is 0. The molecule has 4 aliphatic carbocycles. The molecule has 0 heterocycles. The van der Waals surface area contributed by atoms with Crippen LogP contribution in [0, 0.1) is 23.2 Å². The Labute approximate surface area is 140 Å². The van der Waals surface area contributed by atoms with Crippen LogP contribution in [0.3, 0.4) is 0 Å². The van der Waals surface area contributed by atoms with Gasteiger partial charge in [0.2, 0.25) is 0 Å². The van der Waals surface area contributed by atoms with Gasteiger partial charge in [-0.15, -0.1) is 0 Å². The Morgan fingerprint density at radius 3 is 2.00 bits per heavy atom. The second-order valence-electron chi connectivity index (χ2n) is 8.72. The number of hydrogen-bond acceptors (Lipinski definition) is 1. The average Bonchev–Trinajstić information content (AvgIpc) is 2.51.